The van der Waals surface area contributed by atoms with Crippen LogP contribution in [0.25, 0.3) is 0 Å². The fourth-order valence-electron chi connectivity index (χ4n) is 1.15. The summed E-state index contributed by atoms with van der Waals surface area (Å²) >= 11 is 0. The van der Waals surface area contributed by atoms with Gasteiger partial charge in [-0.1, -0.05) is 6.92 Å². The van der Waals surface area contributed by atoms with Gasteiger partial charge in [0.1, 0.15) is 11.6 Å². The second-order valence-corrected chi connectivity index (χ2v) is 3.38. The largest absolute Gasteiger partial charge is 0.392 e. The van der Waals surface area contributed by atoms with Crippen molar-refractivity contribution in [2.24, 2.45) is 0 Å². The number of anilines is 1. The fourth-order valence-corrected chi connectivity index (χ4v) is 1.15. The van der Waals surface area contributed by atoms with Crippen molar-refractivity contribution in [3.63, 3.8) is 0 Å². The average molecular weight is 195 g/mol. The SMILES string of the molecule is CCc1cc(NCC(C)O)nc(C)n1. The molecule has 0 aromatic carbocycles. The molecule has 1 aromatic rings. The van der Waals surface area contributed by atoms with Crippen molar-refractivity contribution in [1.29, 1.82) is 0 Å². The molecule has 1 atom stereocenters. The lowest BCUT2D eigenvalue weighted by atomic mass is 10.3. The summed E-state index contributed by atoms with van der Waals surface area (Å²) in [7, 11) is 0. The third-order valence-electron chi connectivity index (χ3n) is 1.83. The van der Waals surface area contributed by atoms with Crippen LogP contribution < -0.4 is 5.32 Å². The Labute approximate surface area is 84.4 Å². The van der Waals surface area contributed by atoms with Gasteiger partial charge in [-0.05, 0) is 20.3 Å². The van der Waals surface area contributed by atoms with Crippen LogP contribution in [0.4, 0.5) is 5.82 Å². The minimum absolute atomic E-state index is 0.365. The molecule has 0 radical (unpaired) electrons. The van der Waals surface area contributed by atoms with E-state index in [1.54, 1.807) is 6.92 Å². The molecule has 0 bridgehead atoms. The van der Waals surface area contributed by atoms with Crippen LogP contribution in [0.15, 0.2) is 6.07 Å². The highest BCUT2D eigenvalue weighted by atomic mass is 16.3. The Morgan fingerprint density at radius 2 is 2.21 bits per heavy atom. The van der Waals surface area contributed by atoms with Gasteiger partial charge in [0.05, 0.1) is 6.10 Å². The van der Waals surface area contributed by atoms with Gasteiger partial charge in [0, 0.05) is 18.3 Å². The van der Waals surface area contributed by atoms with E-state index in [9.17, 15) is 0 Å². The van der Waals surface area contributed by atoms with Gasteiger partial charge in [-0.2, -0.15) is 0 Å². The van der Waals surface area contributed by atoms with Gasteiger partial charge >= 0.3 is 0 Å². The maximum atomic E-state index is 9.10. The van der Waals surface area contributed by atoms with E-state index < -0.39 is 0 Å². The molecule has 4 heteroatoms. The zero-order valence-electron chi connectivity index (χ0n) is 8.91. The molecule has 4 nitrogen and oxygen atoms in total. The molecular formula is C10H17N3O. The summed E-state index contributed by atoms with van der Waals surface area (Å²) < 4.78 is 0. The summed E-state index contributed by atoms with van der Waals surface area (Å²) in [6, 6.07) is 1.91. The first-order valence-electron chi connectivity index (χ1n) is 4.88. The number of nitrogens with zero attached hydrogens (tertiary/aromatic N) is 2. The summed E-state index contributed by atoms with van der Waals surface area (Å²) in [6.45, 7) is 6.17. The summed E-state index contributed by atoms with van der Waals surface area (Å²) in [4.78, 5) is 8.49. The first-order valence-corrected chi connectivity index (χ1v) is 4.88. The topological polar surface area (TPSA) is 58.0 Å². The lowest BCUT2D eigenvalue weighted by Crippen LogP contribution is -2.16. The third-order valence-corrected chi connectivity index (χ3v) is 1.83. The van der Waals surface area contributed by atoms with Gasteiger partial charge in [-0.15, -0.1) is 0 Å². The van der Waals surface area contributed by atoms with E-state index in [-0.39, 0.29) is 6.10 Å². The highest BCUT2D eigenvalue weighted by Crippen LogP contribution is 2.06. The quantitative estimate of drug-likeness (QED) is 0.756. The lowest BCUT2D eigenvalue weighted by molar-refractivity contribution is 0.208. The number of aliphatic hydroxyl groups is 1. The zero-order chi connectivity index (χ0) is 10.6. The van der Waals surface area contributed by atoms with Crippen molar-refractivity contribution in [1.82, 2.24) is 9.97 Å². The number of aryl methyl sites for hydroxylation is 2. The average Bonchev–Trinajstić information content (AvgIpc) is 2.14. The van der Waals surface area contributed by atoms with E-state index in [0.717, 1.165) is 23.8 Å². The Bertz CT molecular complexity index is 299. The molecule has 0 saturated heterocycles. The normalized spacial score (nSPS) is 12.6. The predicted molar refractivity (Wildman–Crippen MR) is 56.3 cm³/mol. The smallest absolute Gasteiger partial charge is 0.130 e. The Morgan fingerprint density at radius 3 is 2.79 bits per heavy atom. The van der Waals surface area contributed by atoms with Crippen LogP contribution in [-0.4, -0.2) is 27.7 Å². The maximum absolute atomic E-state index is 9.10. The van der Waals surface area contributed by atoms with Crippen molar-refractivity contribution >= 4 is 5.82 Å². The van der Waals surface area contributed by atoms with Crippen molar-refractivity contribution in [3.8, 4) is 0 Å². The van der Waals surface area contributed by atoms with E-state index in [1.807, 2.05) is 13.0 Å². The van der Waals surface area contributed by atoms with Gasteiger partial charge in [0.25, 0.3) is 0 Å². The number of hydrogen-bond acceptors (Lipinski definition) is 4. The Balaban J connectivity index is 2.71. The Kier molecular flexibility index (Phi) is 3.83. The summed E-state index contributed by atoms with van der Waals surface area (Å²) in [5, 5.41) is 12.2. The van der Waals surface area contributed by atoms with Crippen molar-refractivity contribution < 1.29 is 5.11 Å². The lowest BCUT2D eigenvalue weighted by Gasteiger charge is -2.09. The molecule has 0 fully saturated rings. The number of aliphatic hydroxyl groups excluding tert-OH is 1. The first kappa shape index (κ1) is 10.9. The van der Waals surface area contributed by atoms with E-state index in [1.165, 1.54) is 0 Å². The fraction of sp³-hybridized carbons (Fsp3) is 0.600. The molecule has 1 rings (SSSR count). The van der Waals surface area contributed by atoms with E-state index >= 15 is 0 Å². The Hall–Kier alpha value is -1.16. The second kappa shape index (κ2) is 4.91. The molecule has 78 valence electrons. The van der Waals surface area contributed by atoms with Gasteiger partial charge in [0.2, 0.25) is 0 Å². The van der Waals surface area contributed by atoms with Crippen LogP contribution in [0.2, 0.25) is 0 Å². The number of rotatable bonds is 4. The van der Waals surface area contributed by atoms with E-state index in [4.69, 9.17) is 5.11 Å². The van der Waals surface area contributed by atoms with Gasteiger partial charge < -0.3 is 10.4 Å². The van der Waals surface area contributed by atoms with Gasteiger partial charge in [-0.3, -0.25) is 0 Å². The molecule has 0 aliphatic carbocycles. The van der Waals surface area contributed by atoms with Crippen LogP contribution in [0.3, 0.4) is 0 Å². The van der Waals surface area contributed by atoms with Gasteiger partial charge in [0.15, 0.2) is 0 Å². The first-order chi connectivity index (χ1) is 6.61. The third kappa shape index (κ3) is 3.30. The van der Waals surface area contributed by atoms with Gasteiger partial charge in [-0.25, -0.2) is 9.97 Å². The highest BCUT2D eigenvalue weighted by molar-refractivity contribution is 5.36. The zero-order valence-corrected chi connectivity index (χ0v) is 8.91. The van der Waals surface area contributed by atoms with Crippen LogP contribution in [-0.2, 0) is 6.42 Å². The number of nitrogens with one attached hydrogen (secondary N) is 1. The predicted octanol–water partition coefficient (Wildman–Crippen LogP) is 1.14. The molecule has 14 heavy (non-hydrogen) atoms. The summed E-state index contributed by atoms with van der Waals surface area (Å²) in [5.41, 5.74) is 1.02. The number of hydrogen-bond donors (Lipinski definition) is 2. The molecule has 0 aliphatic rings. The summed E-state index contributed by atoms with van der Waals surface area (Å²) in [6.07, 6.45) is 0.530. The monoisotopic (exact) mass is 195 g/mol. The molecule has 2 N–H and O–H groups in total. The van der Waals surface area contributed by atoms with E-state index in [2.05, 4.69) is 22.2 Å². The minimum atomic E-state index is -0.365. The molecule has 1 heterocycles. The highest BCUT2D eigenvalue weighted by Gasteiger charge is 2.01. The molecule has 1 aromatic heterocycles. The maximum Gasteiger partial charge on any atom is 0.130 e. The van der Waals surface area contributed by atoms with E-state index in [0.29, 0.717) is 6.54 Å². The second-order valence-electron chi connectivity index (χ2n) is 3.38. The van der Waals surface area contributed by atoms with Crippen molar-refractivity contribution in [2.45, 2.75) is 33.3 Å². The Morgan fingerprint density at radius 1 is 1.50 bits per heavy atom. The van der Waals surface area contributed by atoms with Crippen molar-refractivity contribution in [3.05, 3.63) is 17.6 Å². The molecular weight excluding hydrogens is 178 g/mol. The van der Waals surface area contributed by atoms with Crippen LogP contribution >= 0.6 is 0 Å². The molecule has 1 unspecified atom stereocenters. The molecule has 0 saturated carbocycles. The molecule has 0 spiro atoms. The van der Waals surface area contributed by atoms with Crippen LogP contribution in [0.5, 0.6) is 0 Å². The molecule has 0 amide bonds. The van der Waals surface area contributed by atoms with Crippen molar-refractivity contribution in [2.75, 3.05) is 11.9 Å². The summed E-state index contributed by atoms with van der Waals surface area (Å²) in [5.74, 6) is 1.55. The van der Waals surface area contributed by atoms with Crippen LogP contribution in [0.1, 0.15) is 25.4 Å². The molecule has 0 aliphatic heterocycles. The standard InChI is InChI=1S/C10H17N3O/c1-4-9-5-10(11-6-7(2)14)13-8(3)12-9/h5,7,14H,4,6H2,1-3H3,(H,11,12,13). The number of aromatic nitrogens is 2. The van der Waals surface area contributed by atoms with Crippen LogP contribution in [0, 0.1) is 6.92 Å². The minimum Gasteiger partial charge on any atom is -0.392 e.